The number of hydrogen-bond acceptors (Lipinski definition) is 2. The van der Waals surface area contributed by atoms with Gasteiger partial charge in [-0.05, 0) is 59.9 Å². The minimum Gasteiger partial charge on any atom is -0.415 e. The fourth-order valence-corrected chi connectivity index (χ4v) is 4.39. The van der Waals surface area contributed by atoms with Crippen molar-refractivity contribution in [1.82, 2.24) is 4.57 Å². The lowest BCUT2D eigenvalue weighted by Gasteiger charge is -2.36. The molecule has 4 heteroatoms. The Morgan fingerprint density at radius 3 is 2.34 bits per heavy atom. The SMILES string of the molecule is CC(C)c1cn(-c2ccccc2)c2ccc(NCCO[Si](C)(C)C(C)(C)C)cc12. The van der Waals surface area contributed by atoms with E-state index in [4.69, 9.17) is 4.43 Å². The smallest absolute Gasteiger partial charge is 0.192 e. The second-order valence-electron chi connectivity index (χ2n) is 9.71. The van der Waals surface area contributed by atoms with Crippen molar-refractivity contribution >= 4 is 24.9 Å². The maximum atomic E-state index is 6.30. The maximum Gasteiger partial charge on any atom is 0.192 e. The predicted molar refractivity (Wildman–Crippen MR) is 129 cm³/mol. The molecule has 0 unspecified atom stereocenters. The van der Waals surface area contributed by atoms with Crippen LogP contribution in [0.15, 0.2) is 54.7 Å². The van der Waals surface area contributed by atoms with E-state index in [0.29, 0.717) is 5.92 Å². The third-order valence-corrected chi connectivity index (χ3v) is 10.7. The van der Waals surface area contributed by atoms with Crippen molar-refractivity contribution in [2.24, 2.45) is 0 Å². The molecule has 3 aromatic rings. The van der Waals surface area contributed by atoms with Gasteiger partial charge < -0.3 is 14.3 Å². The summed E-state index contributed by atoms with van der Waals surface area (Å²) in [6.45, 7) is 17.6. The lowest BCUT2D eigenvalue weighted by Crippen LogP contribution is -2.41. The van der Waals surface area contributed by atoms with Gasteiger partial charge in [0.25, 0.3) is 0 Å². The molecule has 0 aliphatic rings. The summed E-state index contributed by atoms with van der Waals surface area (Å²) in [7, 11) is -1.69. The second kappa shape index (κ2) is 8.37. The minimum atomic E-state index is -1.69. The van der Waals surface area contributed by atoms with E-state index < -0.39 is 8.32 Å². The first-order valence-electron chi connectivity index (χ1n) is 10.7. The van der Waals surface area contributed by atoms with Crippen molar-refractivity contribution < 1.29 is 4.43 Å². The molecule has 0 radical (unpaired) electrons. The quantitative estimate of drug-likeness (QED) is 0.331. The van der Waals surface area contributed by atoms with Crippen molar-refractivity contribution in [2.75, 3.05) is 18.5 Å². The number of fused-ring (bicyclic) bond motifs is 1. The summed E-state index contributed by atoms with van der Waals surface area (Å²) in [4.78, 5) is 0. The van der Waals surface area contributed by atoms with Crippen LogP contribution in [0.5, 0.6) is 0 Å². The fourth-order valence-electron chi connectivity index (χ4n) is 3.35. The number of para-hydroxylation sites is 1. The molecule has 1 heterocycles. The van der Waals surface area contributed by atoms with Crippen LogP contribution >= 0.6 is 0 Å². The van der Waals surface area contributed by atoms with Gasteiger partial charge in [-0.3, -0.25) is 0 Å². The zero-order valence-electron chi connectivity index (χ0n) is 19.0. The Kier molecular flexibility index (Phi) is 6.25. The number of rotatable bonds is 7. The van der Waals surface area contributed by atoms with Crippen LogP contribution in [0.25, 0.3) is 16.6 Å². The first kappa shape index (κ1) is 21.7. The maximum absolute atomic E-state index is 6.30. The van der Waals surface area contributed by atoms with Crippen LogP contribution in [0, 0.1) is 0 Å². The summed E-state index contributed by atoms with van der Waals surface area (Å²) >= 11 is 0. The molecule has 0 aliphatic carbocycles. The monoisotopic (exact) mass is 408 g/mol. The number of nitrogens with one attached hydrogen (secondary N) is 1. The van der Waals surface area contributed by atoms with Gasteiger partial charge in [-0.25, -0.2) is 0 Å². The van der Waals surface area contributed by atoms with Crippen molar-refractivity contribution in [3.63, 3.8) is 0 Å². The van der Waals surface area contributed by atoms with E-state index in [2.05, 4.69) is 112 Å². The molecule has 0 aliphatic heterocycles. The van der Waals surface area contributed by atoms with Crippen LogP contribution < -0.4 is 5.32 Å². The number of hydrogen-bond donors (Lipinski definition) is 1. The summed E-state index contributed by atoms with van der Waals surface area (Å²) in [5.41, 5.74) is 4.99. The molecule has 3 nitrogen and oxygen atoms in total. The molecule has 156 valence electrons. The van der Waals surface area contributed by atoms with Crippen molar-refractivity contribution in [3.05, 3.63) is 60.3 Å². The highest BCUT2D eigenvalue weighted by molar-refractivity contribution is 6.74. The molecular formula is C25H36N2OSi. The highest BCUT2D eigenvalue weighted by atomic mass is 28.4. The Morgan fingerprint density at radius 2 is 1.72 bits per heavy atom. The van der Waals surface area contributed by atoms with Gasteiger partial charge in [0.2, 0.25) is 0 Å². The van der Waals surface area contributed by atoms with Crippen LogP contribution in [0.4, 0.5) is 5.69 Å². The summed E-state index contributed by atoms with van der Waals surface area (Å²) in [5.74, 6) is 0.472. The topological polar surface area (TPSA) is 26.2 Å². The lowest BCUT2D eigenvalue weighted by atomic mass is 10.0. The van der Waals surface area contributed by atoms with Gasteiger partial charge in [0.15, 0.2) is 8.32 Å². The number of nitrogens with zero attached hydrogens (tertiary/aromatic N) is 1. The summed E-state index contributed by atoms with van der Waals surface area (Å²) in [6.07, 6.45) is 2.29. The van der Waals surface area contributed by atoms with E-state index in [1.807, 2.05) is 0 Å². The molecule has 2 aromatic carbocycles. The van der Waals surface area contributed by atoms with Gasteiger partial charge >= 0.3 is 0 Å². The first-order chi connectivity index (χ1) is 13.6. The zero-order valence-corrected chi connectivity index (χ0v) is 20.0. The molecule has 0 amide bonds. The number of anilines is 1. The molecule has 29 heavy (non-hydrogen) atoms. The number of aromatic nitrogens is 1. The average molecular weight is 409 g/mol. The van der Waals surface area contributed by atoms with Crippen LogP contribution in [-0.2, 0) is 4.43 Å². The van der Waals surface area contributed by atoms with E-state index in [1.165, 1.54) is 22.2 Å². The molecule has 1 aromatic heterocycles. The van der Waals surface area contributed by atoms with E-state index in [9.17, 15) is 0 Å². The van der Waals surface area contributed by atoms with E-state index >= 15 is 0 Å². The van der Waals surface area contributed by atoms with Gasteiger partial charge in [0.05, 0.1) is 12.1 Å². The van der Waals surface area contributed by atoms with Gasteiger partial charge in [-0.2, -0.15) is 0 Å². The van der Waals surface area contributed by atoms with Crippen LogP contribution in [0.1, 0.15) is 46.1 Å². The lowest BCUT2D eigenvalue weighted by molar-refractivity contribution is 0.301. The third-order valence-electron chi connectivity index (χ3n) is 6.19. The van der Waals surface area contributed by atoms with E-state index in [0.717, 1.165) is 18.8 Å². The van der Waals surface area contributed by atoms with E-state index in [-0.39, 0.29) is 5.04 Å². The van der Waals surface area contributed by atoms with Gasteiger partial charge in [0.1, 0.15) is 0 Å². The molecule has 0 bridgehead atoms. The third kappa shape index (κ3) is 4.76. The fraction of sp³-hybridized carbons (Fsp3) is 0.440. The zero-order chi connectivity index (χ0) is 21.2. The normalized spacial score (nSPS) is 12.7. The predicted octanol–water partition coefficient (Wildman–Crippen LogP) is 7.19. The molecular weight excluding hydrogens is 372 g/mol. The Balaban J connectivity index is 1.79. The van der Waals surface area contributed by atoms with Gasteiger partial charge in [0, 0.05) is 29.5 Å². The average Bonchev–Trinajstić information content (AvgIpc) is 3.04. The molecule has 1 N–H and O–H groups in total. The van der Waals surface area contributed by atoms with Crippen LogP contribution in [0.3, 0.4) is 0 Å². The Morgan fingerprint density at radius 1 is 1.03 bits per heavy atom. The minimum absolute atomic E-state index is 0.248. The Hall–Kier alpha value is -2.04. The van der Waals surface area contributed by atoms with Crippen molar-refractivity contribution in [1.29, 1.82) is 0 Å². The molecule has 0 atom stereocenters. The summed E-state index contributed by atoms with van der Waals surface area (Å²) in [6, 6.07) is 17.3. The van der Waals surface area contributed by atoms with Crippen LogP contribution in [-0.4, -0.2) is 26.0 Å². The molecule has 0 saturated heterocycles. The highest BCUT2D eigenvalue weighted by Crippen LogP contribution is 2.36. The summed E-state index contributed by atoms with van der Waals surface area (Å²) in [5, 5.41) is 5.13. The molecule has 0 saturated carbocycles. The van der Waals surface area contributed by atoms with E-state index in [1.54, 1.807) is 0 Å². The molecule has 0 spiro atoms. The van der Waals surface area contributed by atoms with Gasteiger partial charge in [-0.1, -0.05) is 52.8 Å². The summed E-state index contributed by atoms with van der Waals surface area (Å²) < 4.78 is 8.60. The molecule has 3 rings (SSSR count). The Bertz CT molecular complexity index is 952. The Labute approximate surface area is 177 Å². The highest BCUT2D eigenvalue weighted by Gasteiger charge is 2.36. The number of benzene rings is 2. The van der Waals surface area contributed by atoms with Crippen molar-refractivity contribution in [2.45, 2.75) is 58.7 Å². The van der Waals surface area contributed by atoms with Crippen LogP contribution in [0.2, 0.25) is 18.1 Å². The standard InChI is InChI=1S/C25H36N2OSi/c1-19(2)23-18-27(21-11-9-8-10-12-21)24-14-13-20(17-22(23)24)26-15-16-28-29(6,7)25(3,4)5/h8-14,17-19,26H,15-16H2,1-7H3. The largest absolute Gasteiger partial charge is 0.415 e. The van der Waals surface area contributed by atoms with Gasteiger partial charge in [-0.15, -0.1) is 0 Å². The second-order valence-corrected chi connectivity index (χ2v) is 14.5. The first-order valence-corrected chi connectivity index (χ1v) is 13.6. The van der Waals surface area contributed by atoms with Crippen molar-refractivity contribution in [3.8, 4) is 5.69 Å². The molecule has 0 fully saturated rings.